The molecule has 2 rings (SSSR count). The van der Waals surface area contributed by atoms with E-state index in [9.17, 15) is 5.11 Å². The molecule has 0 amide bonds. The maximum Gasteiger partial charge on any atom is 0.125 e. The van der Waals surface area contributed by atoms with Crippen molar-refractivity contribution in [3.05, 3.63) is 67.9 Å². The van der Waals surface area contributed by atoms with Crippen LogP contribution in [0.1, 0.15) is 12.5 Å². The van der Waals surface area contributed by atoms with Gasteiger partial charge in [-0.3, -0.25) is 4.98 Å². The van der Waals surface area contributed by atoms with Gasteiger partial charge in [-0.15, -0.1) is 13.2 Å². The number of phenolic OH excluding ortho intramolecular Hbond substituents is 1. The smallest absolute Gasteiger partial charge is 0.125 e. The molecule has 0 spiro atoms. The van der Waals surface area contributed by atoms with Crippen LogP contribution in [-0.4, -0.2) is 10.1 Å². The summed E-state index contributed by atoms with van der Waals surface area (Å²) >= 11 is 0. The molecular formula is C16H17NO. The van der Waals surface area contributed by atoms with Crippen LogP contribution < -0.4 is 0 Å². The minimum absolute atomic E-state index is 0.252. The number of fused-ring (bicyclic) bond motifs is 1. The molecule has 1 N–H and O–H groups in total. The Bertz CT molecular complexity index is 585. The summed E-state index contributed by atoms with van der Waals surface area (Å²) in [4.78, 5) is 4.23. The van der Waals surface area contributed by atoms with Crippen molar-refractivity contribution in [3.63, 3.8) is 0 Å². The van der Waals surface area contributed by atoms with E-state index in [2.05, 4.69) is 24.7 Å². The zero-order valence-corrected chi connectivity index (χ0v) is 10.6. The first kappa shape index (κ1) is 13.7. The van der Waals surface area contributed by atoms with Gasteiger partial charge in [0.05, 0.1) is 5.52 Å². The fourth-order valence-corrected chi connectivity index (χ4v) is 1.73. The molecule has 0 unspecified atom stereocenters. The number of benzene rings is 1. The molecule has 2 nitrogen and oxygen atoms in total. The van der Waals surface area contributed by atoms with Crippen molar-refractivity contribution in [2.45, 2.75) is 6.92 Å². The lowest BCUT2D eigenvalue weighted by Crippen LogP contribution is -1.84. The molecule has 18 heavy (non-hydrogen) atoms. The SMILES string of the molecule is C=C.C=C/C(=C\C)c1cc(O)c2cccnc2c1. The van der Waals surface area contributed by atoms with Gasteiger partial charge in [-0.1, -0.05) is 18.7 Å². The normalized spacial score (nSPS) is 10.6. The maximum absolute atomic E-state index is 9.89. The Morgan fingerprint density at radius 3 is 2.67 bits per heavy atom. The van der Waals surface area contributed by atoms with E-state index in [0.29, 0.717) is 0 Å². The summed E-state index contributed by atoms with van der Waals surface area (Å²) in [6.45, 7) is 11.7. The highest BCUT2D eigenvalue weighted by molar-refractivity contribution is 5.89. The molecule has 0 radical (unpaired) electrons. The highest BCUT2D eigenvalue weighted by Crippen LogP contribution is 2.28. The van der Waals surface area contributed by atoms with Crippen LogP contribution in [-0.2, 0) is 0 Å². The van der Waals surface area contributed by atoms with E-state index in [0.717, 1.165) is 22.0 Å². The number of rotatable bonds is 2. The van der Waals surface area contributed by atoms with Gasteiger partial charge in [0.2, 0.25) is 0 Å². The van der Waals surface area contributed by atoms with Gasteiger partial charge in [0.15, 0.2) is 0 Å². The van der Waals surface area contributed by atoms with Gasteiger partial charge in [-0.2, -0.15) is 0 Å². The van der Waals surface area contributed by atoms with Gasteiger partial charge in [-0.25, -0.2) is 0 Å². The monoisotopic (exact) mass is 239 g/mol. The van der Waals surface area contributed by atoms with Gasteiger partial charge in [0.25, 0.3) is 0 Å². The number of aromatic hydroxyl groups is 1. The van der Waals surface area contributed by atoms with E-state index in [1.165, 1.54) is 0 Å². The maximum atomic E-state index is 9.89. The molecule has 0 bridgehead atoms. The van der Waals surface area contributed by atoms with Crippen LogP contribution in [0, 0.1) is 0 Å². The first-order chi connectivity index (χ1) is 8.76. The van der Waals surface area contributed by atoms with Crippen LogP contribution in [0.5, 0.6) is 5.75 Å². The topological polar surface area (TPSA) is 33.1 Å². The van der Waals surface area contributed by atoms with Crippen LogP contribution >= 0.6 is 0 Å². The standard InChI is InChI=1S/C14H13NO.C2H4/c1-3-10(4-2)11-8-13-12(14(16)9-11)6-5-7-15-13;1-2/h3-9,16H,1H2,2H3;1-2H2/b10-4+;. The largest absolute Gasteiger partial charge is 0.507 e. The number of pyridine rings is 1. The number of aromatic nitrogens is 1. The molecule has 0 atom stereocenters. The molecule has 0 saturated carbocycles. The molecule has 0 fully saturated rings. The van der Waals surface area contributed by atoms with Crippen LogP contribution in [0.15, 0.2) is 62.4 Å². The van der Waals surface area contributed by atoms with Crippen LogP contribution in [0.3, 0.4) is 0 Å². The Morgan fingerprint density at radius 1 is 1.33 bits per heavy atom. The van der Waals surface area contributed by atoms with E-state index in [4.69, 9.17) is 0 Å². The van der Waals surface area contributed by atoms with Crippen molar-refractivity contribution in [3.8, 4) is 5.75 Å². The second kappa shape index (κ2) is 6.40. The van der Waals surface area contributed by atoms with Gasteiger partial charge in [0, 0.05) is 11.6 Å². The van der Waals surface area contributed by atoms with Gasteiger partial charge >= 0.3 is 0 Å². The van der Waals surface area contributed by atoms with E-state index in [1.807, 2.05) is 31.2 Å². The Kier molecular flexibility index (Phi) is 4.88. The summed E-state index contributed by atoms with van der Waals surface area (Å²) in [5.41, 5.74) is 2.71. The highest BCUT2D eigenvalue weighted by atomic mass is 16.3. The van der Waals surface area contributed by atoms with E-state index in [1.54, 1.807) is 18.3 Å². The third-order valence-corrected chi connectivity index (χ3v) is 2.56. The minimum Gasteiger partial charge on any atom is -0.507 e. The molecule has 2 aromatic rings. The number of nitrogens with zero attached hydrogens (tertiary/aromatic N) is 1. The second-order valence-corrected chi connectivity index (χ2v) is 3.51. The van der Waals surface area contributed by atoms with E-state index < -0.39 is 0 Å². The van der Waals surface area contributed by atoms with Gasteiger partial charge in [-0.05, 0) is 42.3 Å². The van der Waals surface area contributed by atoms with Crippen LogP contribution in [0.2, 0.25) is 0 Å². The summed E-state index contributed by atoms with van der Waals surface area (Å²) in [5, 5.41) is 10.7. The third-order valence-electron chi connectivity index (χ3n) is 2.56. The number of phenols is 1. The Labute approximate surface area is 108 Å². The molecular weight excluding hydrogens is 222 g/mol. The molecule has 0 aliphatic carbocycles. The van der Waals surface area contributed by atoms with E-state index in [-0.39, 0.29) is 5.75 Å². The van der Waals surface area contributed by atoms with Crippen molar-refractivity contribution in [2.75, 3.05) is 0 Å². The number of hydrogen-bond acceptors (Lipinski definition) is 2. The average Bonchev–Trinajstić information content (AvgIpc) is 2.42. The van der Waals surface area contributed by atoms with Crippen molar-refractivity contribution >= 4 is 16.5 Å². The zero-order chi connectivity index (χ0) is 13.5. The lowest BCUT2D eigenvalue weighted by molar-refractivity contribution is 0.481. The van der Waals surface area contributed by atoms with Crippen LogP contribution in [0.25, 0.3) is 16.5 Å². The Balaban J connectivity index is 0.000000771. The first-order valence-corrected chi connectivity index (χ1v) is 5.63. The van der Waals surface area contributed by atoms with E-state index >= 15 is 0 Å². The Morgan fingerprint density at radius 2 is 2.06 bits per heavy atom. The van der Waals surface area contributed by atoms with Gasteiger partial charge in [0.1, 0.15) is 5.75 Å². The fourth-order valence-electron chi connectivity index (χ4n) is 1.73. The molecule has 0 aliphatic rings. The summed E-state index contributed by atoms with van der Waals surface area (Å²) in [6, 6.07) is 7.35. The molecule has 92 valence electrons. The predicted molar refractivity (Wildman–Crippen MR) is 78.5 cm³/mol. The third kappa shape index (κ3) is 2.66. The van der Waals surface area contributed by atoms with Crippen molar-refractivity contribution < 1.29 is 5.11 Å². The Hall–Kier alpha value is -2.35. The molecule has 2 heteroatoms. The van der Waals surface area contributed by atoms with Crippen LogP contribution in [0.4, 0.5) is 0 Å². The molecule has 1 heterocycles. The lowest BCUT2D eigenvalue weighted by Gasteiger charge is -2.06. The predicted octanol–water partition coefficient (Wildman–Crippen LogP) is 4.33. The summed E-state index contributed by atoms with van der Waals surface area (Å²) < 4.78 is 0. The molecule has 1 aromatic heterocycles. The second-order valence-electron chi connectivity index (χ2n) is 3.51. The van der Waals surface area contributed by atoms with Gasteiger partial charge < -0.3 is 5.11 Å². The van der Waals surface area contributed by atoms with Crippen molar-refractivity contribution in [1.29, 1.82) is 0 Å². The zero-order valence-electron chi connectivity index (χ0n) is 10.6. The number of allylic oxidation sites excluding steroid dienone is 3. The fraction of sp³-hybridized carbons (Fsp3) is 0.0625. The molecule has 0 aliphatic heterocycles. The minimum atomic E-state index is 0.252. The summed E-state index contributed by atoms with van der Waals surface area (Å²) in [6.07, 6.45) is 5.44. The number of hydrogen-bond donors (Lipinski definition) is 1. The summed E-state index contributed by atoms with van der Waals surface area (Å²) in [5.74, 6) is 0.252. The average molecular weight is 239 g/mol. The molecule has 1 aromatic carbocycles. The first-order valence-electron chi connectivity index (χ1n) is 5.63. The highest BCUT2D eigenvalue weighted by Gasteiger charge is 2.04. The quantitative estimate of drug-likeness (QED) is 0.625. The lowest BCUT2D eigenvalue weighted by atomic mass is 10.0. The van der Waals surface area contributed by atoms with Crippen molar-refractivity contribution in [2.24, 2.45) is 0 Å². The molecule has 0 saturated heterocycles. The van der Waals surface area contributed by atoms with Crippen molar-refractivity contribution in [1.82, 2.24) is 4.98 Å². The summed E-state index contributed by atoms with van der Waals surface area (Å²) in [7, 11) is 0.